The first kappa shape index (κ1) is 19.8. The quantitative estimate of drug-likeness (QED) is 0.436. The van der Waals surface area contributed by atoms with Gasteiger partial charge in [0.2, 0.25) is 0 Å². The van der Waals surface area contributed by atoms with Gasteiger partial charge in [0.15, 0.2) is 5.43 Å². The minimum atomic E-state index is -0.522. The minimum Gasteiger partial charge on any atom is -0.360 e. The summed E-state index contributed by atoms with van der Waals surface area (Å²) in [5, 5.41) is 4.14. The van der Waals surface area contributed by atoms with E-state index < -0.39 is 6.04 Å². The molecule has 0 fully saturated rings. The van der Waals surface area contributed by atoms with Crippen LogP contribution in [0.1, 0.15) is 18.8 Å². The van der Waals surface area contributed by atoms with Crippen LogP contribution in [-0.4, -0.2) is 29.5 Å². The summed E-state index contributed by atoms with van der Waals surface area (Å²) in [6.45, 7) is 1.82. The first-order valence-electron chi connectivity index (χ1n) is 9.76. The van der Waals surface area contributed by atoms with Gasteiger partial charge in [-0.25, -0.2) is 24.5 Å². The Balaban J connectivity index is 1.72. The normalized spacial score (nSPS) is 12.2. The smallest absolute Gasteiger partial charge is 0.268 e. The number of nitrogens with one attached hydrogen (secondary N) is 2. The van der Waals surface area contributed by atoms with Crippen LogP contribution < -0.4 is 16.3 Å². The van der Waals surface area contributed by atoms with Crippen molar-refractivity contribution in [3.05, 3.63) is 92.6 Å². The van der Waals surface area contributed by atoms with Gasteiger partial charge >= 0.3 is 0 Å². The number of anilines is 1. The third-order valence-electron chi connectivity index (χ3n) is 5.04. The van der Waals surface area contributed by atoms with E-state index in [-0.39, 0.29) is 11.0 Å². The summed E-state index contributed by atoms with van der Waals surface area (Å²) in [6, 6.07) is 11.3. The molecule has 0 radical (unpaired) electrons. The Labute approximate surface area is 185 Å². The van der Waals surface area contributed by atoms with Gasteiger partial charge in [-0.2, -0.15) is 0 Å². The predicted molar refractivity (Wildman–Crippen MR) is 122 cm³/mol. The number of rotatable bonds is 4. The second-order valence-corrected chi connectivity index (χ2v) is 7.49. The van der Waals surface area contributed by atoms with Gasteiger partial charge in [0.25, 0.3) is 5.56 Å². The van der Waals surface area contributed by atoms with Crippen LogP contribution in [-0.2, 0) is 0 Å². The zero-order valence-corrected chi connectivity index (χ0v) is 17.5. The third kappa shape index (κ3) is 3.28. The van der Waals surface area contributed by atoms with Crippen LogP contribution in [0.3, 0.4) is 0 Å². The standard InChI is InChI=1S/C22H16ClN7O2/c1-12(28-20-18-15(31)8-10-25-19(18)26-11-27-20)21-29-14-6-4-5-13(23)17(14)22(32)30(21)16-7-2-3-9-24-16/h2-12H,1H3,(H2,25,26,27,28,31)/t12-/m0/s1. The highest BCUT2D eigenvalue weighted by molar-refractivity contribution is 6.35. The van der Waals surface area contributed by atoms with Gasteiger partial charge < -0.3 is 10.3 Å². The molecule has 0 saturated heterocycles. The molecule has 2 N–H and O–H groups in total. The molecule has 5 rings (SSSR count). The topological polar surface area (TPSA) is 118 Å². The van der Waals surface area contributed by atoms with Crippen molar-refractivity contribution >= 4 is 39.4 Å². The average molecular weight is 446 g/mol. The Bertz CT molecular complexity index is 1580. The fourth-order valence-electron chi connectivity index (χ4n) is 3.59. The second kappa shape index (κ2) is 7.86. The van der Waals surface area contributed by atoms with E-state index in [2.05, 4.69) is 25.3 Å². The third-order valence-corrected chi connectivity index (χ3v) is 5.35. The zero-order valence-electron chi connectivity index (χ0n) is 16.8. The Kier molecular flexibility index (Phi) is 4.87. The zero-order chi connectivity index (χ0) is 22.2. The molecule has 0 unspecified atom stereocenters. The Morgan fingerprint density at radius 2 is 1.91 bits per heavy atom. The van der Waals surface area contributed by atoms with Crippen LogP contribution in [0.4, 0.5) is 5.82 Å². The maximum Gasteiger partial charge on any atom is 0.268 e. The number of fused-ring (bicyclic) bond motifs is 2. The summed E-state index contributed by atoms with van der Waals surface area (Å²) in [5.74, 6) is 1.13. The molecule has 4 heterocycles. The van der Waals surface area contributed by atoms with E-state index in [1.807, 2.05) is 6.92 Å². The van der Waals surface area contributed by atoms with E-state index in [0.717, 1.165) is 0 Å². The van der Waals surface area contributed by atoms with Crippen LogP contribution in [0.5, 0.6) is 0 Å². The predicted octanol–water partition coefficient (Wildman–Crippen LogP) is 3.24. The SMILES string of the molecule is C[C@H](Nc1ncnc2[nH]ccc(=O)c12)c1nc2cccc(Cl)c2c(=O)n1-c1ccccn1. The van der Waals surface area contributed by atoms with Gasteiger partial charge in [-0.15, -0.1) is 0 Å². The van der Waals surface area contributed by atoms with Gasteiger partial charge in [0.1, 0.15) is 34.8 Å². The number of aromatic amines is 1. The lowest BCUT2D eigenvalue weighted by molar-refractivity contribution is 0.722. The number of hydrogen-bond donors (Lipinski definition) is 2. The molecule has 0 aliphatic carbocycles. The Morgan fingerprint density at radius 1 is 1.03 bits per heavy atom. The number of aromatic nitrogens is 6. The largest absolute Gasteiger partial charge is 0.360 e. The number of pyridine rings is 2. The van der Waals surface area contributed by atoms with Crippen LogP contribution in [0.2, 0.25) is 5.02 Å². The molecule has 0 aliphatic rings. The van der Waals surface area contributed by atoms with Crippen LogP contribution in [0, 0.1) is 0 Å². The lowest BCUT2D eigenvalue weighted by atomic mass is 10.2. The van der Waals surface area contributed by atoms with Crippen molar-refractivity contribution in [3.63, 3.8) is 0 Å². The minimum absolute atomic E-state index is 0.227. The molecule has 1 atom stereocenters. The molecule has 5 aromatic rings. The van der Waals surface area contributed by atoms with E-state index >= 15 is 0 Å². The summed E-state index contributed by atoms with van der Waals surface area (Å²) < 4.78 is 1.42. The van der Waals surface area contributed by atoms with Crippen LogP contribution in [0.25, 0.3) is 27.8 Å². The molecular weight excluding hydrogens is 430 g/mol. The van der Waals surface area contributed by atoms with Crippen LogP contribution >= 0.6 is 11.6 Å². The van der Waals surface area contributed by atoms with Gasteiger partial charge in [-0.1, -0.05) is 23.7 Å². The molecule has 0 bridgehead atoms. The van der Waals surface area contributed by atoms with Crippen molar-refractivity contribution in [2.45, 2.75) is 13.0 Å². The Hall–Kier alpha value is -4.11. The maximum atomic E-state index is 13.5. The first-order valence-corrected chi connectivity index (χ1v) is 10.1. The fourth-order valence-corrected chi connectivity index (χ4v) is 3.84. The summed E-state index contributed by atoms with van der Waals surface area (Å²) in [4.78, 5) is 46.3. The van der Waals surface area contributed by atoms with Crippen LogP contribution in [0.15, 0.2) is 70.8 Å². The van der Waals surface area contributed by atoms with Crippen molar-refractivity contribution in [1.82, 2.24) is 29.5 Å². The van der Waals surface area contributed by atoms with E-state index in [0.29, 0.717) is 44.4 Å². The molecule has 158 valence electrons. The van der Waals surface area contributed by atoms with Gasteiger partial charge in [0, 0.05) is 18.5 Å². The van der Waals surface area contributed by atoms with E-state index in [9.17, 15) is 9.59 Å². The van der Waals surface area contributed by atoms with Crippen molar-refractivity contribution in [1.29, 1.82) is 0 Å². The number of hydrogen-bond acceptors (Lipinski definition) is 7. The molecule has 0 saturated carbocycles. The Morgan fingerprint density at radius 3 is 2.72 bits per heavy atom. The molecular formula is C22H16ClN7O2. The summed E-state index contributed by atoms with van der Waals surface area (Å²) in [5.41, 5.74) is 0.300. The lowest BCUT2D eigenvalue weighted by Crippen LogP contribution is -2.28. The number of halogens is 1. The molecule has 0 spiro atoms. The van der Waals surface area contributed by atoms with Gasteiger partial charge in [0.05, 0.1) is 22.0 Å². The first-order chi connectivity index (χ1) is 15.5. The highest BCUT2D eigenvalue weighted by Crippen LogP contribution is 2.25. The molecule has 0 aliphatic heterocycles. The average Bonchev–Trinajstić information content (AvgIpc) is 2.79. The molecule has 32 heavy (non-hydrogen) atoms. The molecule has 0 amide bonds. The van der Waals surface area contributed by atoms with E-state index in [1.54, 1.807) is 42.6 Å². The second-order valence-electron chi connectivity index (χ2n) is 7.09. The summed E-state index contributed by atoms with van der Waals surface area (Å²) in [6.07, 6.45) is 4.48. The lowest BCUT2D eigenvalue weighted by Gasteiger charge is -2.20. The fraction of sp³-hybridized carbons (Fsp3) is 0.0909. The van der Waals surface area contributed by atoms with E-state index in [1.165, 1.54) is 23.2 Å². The van der Waals surface area contributed by atoms with E-state index in [4.69, 9.17) is 16.6 Å². The summed E-state index contributed by atoms with van der Waals surface area (Å²) in [7, 11) is 0. The highest BCUT2D eigenvalue weighted by atomic mass is 35.5. The van der Waals surface area contributed by atoms with Crippen molar-refractivity contribution in [3.8, 4) is 5.82 Å². The van der Waals surface area contributed by atoms with Crippen molar-refractivity contribution < 1.29 is 0 Å². The number of nitrogens with zero attached hydrogens (tertiary/aromatic N) is 5. The summed E-state index contributed by atoms with van der Waals surface area (Å²) >= 11 is 6.32. The van der Waals surface area contributed by atoms with Gasteiger partial charge in [-0.05, 0) is 31.2 Å². The molecule has 4 aromatic heterocycles. The number of benzene rings is 1. The molecule has 1 aromatic carbocycles. The van der Waals surface area contributed by atoms with Crippen molar-refractivity contribution in [2.24, 2.45) is 0 Å². The number of H-pyrrole nitrogens is 1. The molecule has 10 heteroatoms. The monoisotopic (exact) mass is 445 g/mol. The maximum absolute atomic E-state index is 13.5. The van der Waals surface area contributed by atoms with Crippen molar-refractivity contribution in [2.75, 3.05) is 5.32 Å². The highest BCUT2D eigenvalue weighted by Gasteiger charge is 2.21. The molecule has 9 nitrogen and oxygen atoms in total. The van der Waals surface area contributed by atoms with Gasteiger partial charge in [-0.3, -0.25) is 9.59 Å².